The first-order valence-electron chi connectivity index (χ1n) is 6.57. The van der Waals surface area contributed by atoms with Gasteiger partial charge in [-0.05, 0) is 12.5 Å². The minimum atomic E-state index is -3.41. The van der Waals surface area contributed by atoms with Gasteiger partial charge in [0.1, 0.15) is 4.90 Å². The normalized spacial score (nSPS) is 12.5. The number of likely N-dealkylation sites (N-methyl/N-ethyl adjacent to an activating group) is 1. The van der Waals surface area contributed by atoms with E-state index >= 15 is 0 Å². The van der Waals surface area contributed by atoms with Gasteiger partial charge in [-0.2, -0.15) is 5.10 Å². The third-order valence-electron chi connectivity index (χ3n) is 2.71. The van der Waals surface area contributed by atoms with Crippen LogP contribution in [0.4, 0.5) is 0 Å². The van der Waals surface area contributed by atoms with Crippen LogP contribution in [0, 0.1) is 5.92 Å². The quantitative estimate of drug-likeness (QED) is 0.718. The lowest BCUT2D eigenvalue weighted by molar-refractivity contribution is 0.417. The van der Waals surface area contributed by atoms with Crippen molar-refractivity contribution in [3.63, 3.8) is 0 Å². The van der Waals surface area contributed by atoms with Gasteiger partial charge in [0.2, 0.25) is 10.0 Å². The van der Waals surface area contributed by atoms with Crippen molar-refractivity contribution in [3.8, 4) is 0 Å². The molecule has 0 fully saturated rings. The molecule has 0 spiro atoms. The Balaban J connectivity index is 2.73. The molecule has 1 rings (SSSR count). The minimum Gasteiger partial charge on any atom is -0.315 e. The molecule has 0 radical (unpaired) electrons. The summed E-state index contributed by atoms with van der Waals surface area (Å²) >= 11 is 0. The molecule has 1 heterocycles. The largest absolute Gasteiger partial charge is 0.315 e. The molecular weight excluding hydrogens is 264 g/mol. The summed E-state index contributed by atoms with van der Waals surface area (Å²) in [4.78, 5) is 0.257. The van der Waals surface area contributed by atoms with Gasteiger partial charge in [0.15, 0.2) is 0 Å². The van der Waals surface area contributed by atoms with Crippen molar-refractivity contribution in [2.45, 2.75) is 32.2 Å². The SMILES string of the molecule is CCNCCn1cc(S(=O)(=O)N(C)CC(C)C)cn1. The van der Waals surface area contributed by atoms with Crippen molar-refractivity contribution in [3.05, 3.63) is 12.4 Å². The predicted molar refractivity (Wildman–Crippen MR) is 75.4 cm³/mol. The number of nitrogens with one attached hydrogen (secondary N) is 1. The maximum absolute atomic E-state index is 12.3. The second-order valence-electron chi connectivity index (χ2n) is 4.97. The standard InChI is InChI=1S/C12H24N4O2S/c1-5-13-6-7-16-10-12(8-14-16)19(17,18)15(4)9-11(2)3/h8,10-11,13H,5-7,9H2,1-4H3. The third-order valence-corrected chi connectivity index (χ3v) is 4.48. The van der Waals surface area contributed by atoms with Gasteiger partial charge in [-0.15, -0.1) is 0 Å². The zero-order valence-electron chi connectivity index (χ0n) is 12.1. The average molecular weight is 288 g/mol. The van der Waals surface area contributed by atoms with Gasteiger partial charge in [-0.25, -0.2) is 12.7 Å². The zero-order valence-corrected chi connectivity index (χ0v) is 12.9. The van der Waals surface area contributed by atoms with Crippen LogP contribution < -0.4 is 5.32 Å². The Morgan fingerprint density at radius 3 is 2.74 bits per heavy atom. The van der Waals surface area contributed by atoms with Crippen molar-refractivity contribution >= 4 is 10.0 Å². The fraction of sp³-hybridized carbons (Fsp3) is 0.750. The number of sulfonamides is 1. The van der Waals surface area contributed by atoms with Crippen LogP contribution in [-0.2, 0) is 16.6 Å². The molecule has 6 nitrogen and oxygen atoms in total. The van der Waals surface area contributed by atoms with E-state index in [4.69, 9.17) is 0 Å². The fourth-order valence-corrected chi connectivity index (χ4v) is 3.05. The van der Waals surface area contributed by atoms with Crippen LogP contribution in [0.15, 0.2) is 17.3 Å². The summed E-state index contributed by atoms with van der Waals surface area (Å²) < 4.78 is 27.6. The molecule has 7 heteroatoms. The van der Waals surface area contributed by atoms with Gasteiger partial charge < -0.3 is 5.32 Å². The molecule has 110 valence electrons. The molecule has 19 heavy (non-hydrogen) atoms. The van der Waals surface area contributed by atoms with Crippen LogP contribution in [0.2, 0.25) is 0 Å². The Labute approximate surface area is 115 Å². The van der Waals surface area contributed by atoms with E-state index in [1.807, 2.05) is 20.8 Å². The lowest BCUT2D eigenvalue weighted by Gasteiger charge is -2.17. The highest BCUT2D eigenvalue weighted by Crippen LogP contribution is 2.14. The van der Waals surface area contributed by atoms with Crippen LogP contribution in [0.5, 0.6) is 0 Å². The van der Waals surface area contributed by atoms with Crippen molar-refractivity contribution < 1.29 is 8.42 Å². The number of aromatic nitrogens is 2. The number of hydrogen-bond acceptors (Lipinski definition) is 4. The van der Waals surface area contributed by atoms with Crippen LogP contribution in [0.3, 0.4) is 0 Å². The van der Waals surface area contributed by atoms with Gasteiger partial charge >= 0.3 is 0 Å². The van der Waals surface area contributed by atoms with E-state index in [1.54, 1.807) is 17.9 Å². The van der Waals surface area contributed by atoms with Gasteiger partial charge in [0, 0.05) is 26.3 Å². The monoisotopic (exact) mass is 288 g/mol. The van der Waals surface area contributed by atoms with E-state index in [-0.39, 0.29) is 4.90 Å². The molecule has 0 bridgehead atoms. The molecule has 0 atom stereocenters. The number of nitrogens with zero attached hydrogens (tertiary/aromatic N) is 3. The predicted octanol–water partition coefficient (Wildman–Crippen LogP) is 0.769. The van der Waals surface area contributed by atoms with E-state index < -0.39 is 10.0 Å². The maximum atomic E-state index is 12.3. The number of hydrogen-bond donors (Lipinski definition) is 1. The lowest BCUT2D eigenvalue weighted by atomic mass is 10.2. The van der Waals surface area contributed by atoms with E-state index in [1.165, 1.54) is 10.5 Å². The minimum absolute atomic E-state index is 0.257. The van der Waals surface area contributed by atoms with Gasteiger partial charge in [-0.3, -0.25) is 4.68 Å². The molecule has 0 aromatic carbocycles. The molecule has 0 saturated carbocycles. The van der Waals surface area contributed by atoms with E-state index in [0.717, 1.165) is 13.1 Å². The summed E-state index contributed by atoms with van der Waals surface area (Å²) in [5.74, 6) is 0.295. The van der Waals surface area contributed by atoms with Crippen LogP contribution >= 0.6 is 0 Å². The Kier molecular flexibility index (Phi) is 5.96. The molecule has 0 unspecified atom stereocenters. The molecule has 0 amide bonds. The van der Waals surface area contributed by atoms with Crippen LogP contribution in [-0.4, -0.2) is 49.2 Å². The van der Waals surface area contributed by atoms with Gasteiger partial charge in [0.05, 0.1) is 12.7 Å². The Morgan fingerprint density at radius 1 is 1.47 bits per heavy atom. The summed E-state index contributed by atoms with van der Waals surface area (Å²) in [6, 6.07) is 0. The second-order valence-corrected chi connectivity index (χ2v) is 7.02. The van der Waals surface area contributed by atoms with Crippen molar-refractivity contribution in [2.24, 2.45) is 5.92 Å². The van der Waals surface area contributed by atoms with Gasteiger partial charge in [-0.1, -0.05) is 20.8 Å². The number of rotatable bonds is 8. The summed E-state index contributed by atoms with van der Waals surface area (Å²) in [6.07, 6.45) is 3.00. The zero-order chi connectivity index (χ0) is 14.5. The second kappa shape index (κ2) is 7.02. The van der Waals surface area contributed by atoms with E-state index in [2.05, 4.69) is 10.4 Å². The molecule has 1 aromatic heterocycles. The van der Waals surface area contributed by atoms with Crippen molar-refractivity contribution in [2.75, 3.05) is 26.7 Å². The van der Waals surface area contributed by atoms with Gasteiger partial charge in [0.25, 0.3) is 0 Å². The van der Waals surface area contributed by atoms with Crippen LogP contribution in [0.1, 0.15) is 20.8 Å². The Hall–Kier alpha value is -0.920. The molecule has 0 aliphatic rings. The maximum Gasteiger partial charge on any atom is 0.245 e. The highest BCUT2D eigenvalue weighted by atomic mass is 32.2. The summed E-state index contributed by atoms with van der Waals surface area (Å²) in [6.45, 7) is 8.85. The molecule has 1 aromatic rings. The van der Waals surface area contributed by atoms with Crippen molar-refractivity contribution in [1.82, 2.24) is 19.4 Å². The topological polar surface area (TPSA) is 67.2 Å². The fourth-order valence-electron chi connectivity index (χ4n) is 1.76. The first-order chi connectivity index (χ1) is 8.87. The lowest BCUT2D eigenvalue weighted by Crippen LogP contribution is -2.30. The summed E-state index contributed by atoms with van der Waals surface area (Å²) in [7, 11) is -1.81. The molecule has 0 aliphatic carbocycles. The first kappa shape index (κ1) is 16.1. The molecule has 0 aliphatic heterocycles. The van der Waals surface area contributed by atoms with Crippen LogP contribution in [0.25, 0.3) is 0 Å². The van der Waals surface area contributed by atoms with E-state index in [9.17, 15) is 8.42 Å². The first-order valence-corrected chi connectivity index (χ1v) is 8.01. The van der Waals surface area contributed by atoms with E-state index in [0.29, 0.717) is 19.0 Å². The molecule has 0 saturated heterocycles. The third kappa shape index (κ3) is 4.59. The Morgan fingerprint density at radius 2 is 2.16 bits per heavy atom. The van der Waals surface area contributed by atoms with Crippen molar-refractivity contribution in [1.29, 1.82) is 0 Å². The highest BCUT2D eigenvalue weighted by molar-refractivity contribution is 7.89. The average Bonchev–Trinajstić information content (AvgIpc) is 2.78. The molecular formula is C12H24N4O2S. The molecule has 1 N–H and O–H groups in total. The Bertz CT molecular complexity index is 482. The smallest absolute Gasteiger partial charge is 0.245 e. The summed E-state index contributed by atoms with van der Waals surface area (Å²) in [5, 5.41) is 7.26. The highest BCUT2D eigenvalue weighted by Gasteiger charge is 2.22. The summed E-state index contributed by atoms with van der Waals surface area (Å²) in [5.41, 5.74) is 0.